The van der Waals surface area contributed by atoms with Gasteiger partial charge in [0.15, 0.2) is 0 Å². The standard InChI is InChI=1S/C63H45N3O3.C60H39N3/c1-67-40-25-28-43(49-16-10-19-52-46-13-4-7-22-58(46)64-61(49)52)55(34-40)37-31-38(56-35-41(68-2)26-29-44(56)50-17-11-20-53-47-14-5-8-23-59(47)65-62(50)53)33-39(32-37)57-36-42(69-3)27-30-45(57)51-18-12-21-54-48-15-6-9-24-60(48)66-63(51)54;1-4-19-43(49-25-13-28-52-46-22-7-10-31-55(46)61-58(49)52)40(16-1)37-34-38(41-17-2-5-20-44(41)50-26-14-29-53-47-23-8-11-32-56(47)62-59(50)53)36-39(35-37)42-18-3-6-21-45(42)51-27-15-30-54-48-24-9-12-33-57(48)63-60(51)54/h4-36,64-66H,1-3H3;1-36,61-63H. The van der Waals surface area contributed by atoms with Crippen molar-refractivity contribution in [3.05, 3.63) is 419 Å². The second-order valence-electron chi connectivity index (χ2n) is 34.4. The van der Waals surface area contributed by atoms with E-state index in [0.717, 1.165) is 167 Å². The van der Waals surface area contributed by atoms with Crippen LogP contribution >= 0.6 is 0 Å². The first-order chi connectivity index (χ1) is 65.3. The highest BCUT2D eigenvalue weighted by atomic mass is 16.5. The van der Waals surface area contributed by atoms with E-state index in [4.69, 9.17) is 14.2 Å². The molecule has 26 rings (SSSR count). The number of hydrogen-bond acceptors (Lipinski definition) is 3. The molecular formula is C123H84N6O3. The minimum atomic E-state index is 0.768. The summed E-state index contributed by atoms with van der Waals surface area (Å²) in [5.41, 5.74) is 40.3. The highest BCUT2D eigenvalue weighted by Gasteiger charge is 2.26. The maximum absolute atomic E-state index is 6.03. The lowest BCUT2D eigenvalue weighted by Gasteiger charge is -2.20. The summed E-state index contributed by atoms with van der Waals surface area (Å²) in [6.07, 6.45) is 0. The van der Waals surface area contributed by atoms with Gasteiger partial charge in [0, 0.05) is 131 Å². The van der Waals surface area contributed by atoms with Crippen LogP contribution < -0.4 is 14.2 Å². The van der Waals surface area contributed by atoms with Gasteiger partial charge in [-0.05, 0) is 228 Å². The van der Waals surface area contributed by atoms with Gasteiger partial charge in [-0.15, -0.1) is 0 Å². The predicted octanol–water partition coefficient (Wildman–Crippen LogP) is 33.2. The van der Waals surface area contributed by atoms with Crippen LogP contribution in [0.2, 0.25) is 0 Å². The number of nitrogens with one attached hydrogen (secondary N) is 6. The number of rotatable bonds is 15. The van der Waals surface area contributed by atoms with Crippen molar-refractivity contribution in [3.8, 4) is 151 Å². The molecule has 0 bridgehead atoms. The van der Waals surface area contributed by atoms with Gasteiger partial charge in [0.05, 0.1) is 54.4 Å². The molecule has 20 aromatic carbocycles. The summed E-state index contributed by atoms with van der Waals surface area (Å²) in [5, 5.41) is 14.5. The second-order valence-corrected chi connectivity index (χ2v) is 34.4. The topological polar surface area (TPSA) is 122 Å². The van der Waals surface area contributed by atoms with Gasteiger partial charge >= 0.3 is 0 Å². The highest BCUT2D eigenvalue weighted by Crippen LogP contribution is 2.51. The van der Waals surface area contributed by atoms with E-state index >= 15 is 0 Å². The van der Waals surface area contributed by atoms with Crippen molar-refractivity contribution >= 4 is 131 Å². The Bertz CT molecular complexity index is 8300. The molecule has 26 aromatic rings. The lowest BCUT2D eigenvalue weighted by atomic mass is 9.85. The molecule has 0 radical (unpaired) electrons. The van der Waals surface area contributed by atoms with E-state index in [1.54, 1.807) is 21.3 Å². The number of H-pyrrole nitrogens is 6. The van der Waals surface area contributed by atoms with Gasteiger partial charge < -0.3 is 44.1 Å². The van der Waals surface area contributed by atoms with Crippen molar-refractivity contribution in [2.24, 2.45) is 0 Å². The monoisotopic (exact) mass is 1690 g/mol. The van der Waals surface area contributed by atoms with Crippen molar-refractivity contribution in [3.63, 3.8) is 0 Å². The van der Waals surface area contributed by atoms with E-state index in [-0.39, 0.29) is 0 Å². The predicted molar refractivity (Wildman–Crippen MR) is 554 cm³/mol. The fourth-order valence-corrected chi connectivity index (χ4v) is 21.1. The van der Waals surface area contributed by atoms with Crippen molar-refractivity contribution in [2.45, 2.75) is 0 Å². The lowest BCUT2D eigenvalue weighted by Crippen LogP contribution is -1.95. The van der Waals surface area contributed by atoms with Gasteiger partial charge in [0.25, 0.3) is 0 Å². The first kappa shape index (κ1) is 77.0. The molecule has 6 aromatic heterocycles. The molecule has 0 saturated carbocycles. The summed E-state index contributed by atoms with van der Waals surface area (Å²) >= 11 is 0. The van der Waals surface area contributed by atoms with Crippen molar-refractivity contribution in [2.75, 3.05) is 21.3 Å². The number of methoxy groups -OCH3 is 3. The van der Waals surface area contributed by atoms with Crippen molar-refractivity contribution in [1.29, 1.82) is 0 Å². The van der Waals surface area contributed by atoms with Gasteiger partial charge in [-0.2, -0.15) is 0 Å². The third-order valence-corrected chi connectivity index (χ3v) is 27.2. The first-order valence-electron chi connectivity index (χ1n) is 44.9. The Morgan fingerprint density at radius 3 is 0.492 bits per heavy atom. The summed E-state index contributed by atoms with van der Waals surface area (Å²) in [7, 11) is 5.21. The molecule has 0 aliphatic heterocycles. The van der Waals surface area contributed by atoms with Crippen LogP contribution in [-0.2, 0) is 0 Å². The van der Waals surface area contributed by atoms with Gasteiger partial charge in [-0.3, -0.25) is 0 Å². The van der Waals surface area contributed by atoms with Gasteiger partial charge in [-0.25, -0.2) is 0 Å². The Kier molecular flexibility index (Phi) is 18.4. The Labute approximate surface area is 760 Å². The second kappa shape index (κ2) is 31.6. The van der Waals surface area contributed by atoms with E-state index < -0.39 is 0 Å². The summed E-state index contributed by atoms with van der Waals surface area (Å²) in [4.78, 5) is 22.7. The molecule has 0 fully saturated rings. The van der Waals surface area contributed by atoms with E-state index in [0.29, 0.717) is 0 Å². The van der Waals surface area contributed by atoms with E-state index in [1.807, 2.05) is 0 Å². The summed E-state index contributed by atoms with van der Waals surface area (Å²) in [5.74, 6) is 2.30. The van der Waals surface area contributed by atoms with E-state index in [1.165, 1.54) is 115 Å². The van der Waals surface area contributed by atoms with Crippen molar-refractivity contribution in [1.82, 2.24) is 29.9 Å². The Morgan fingerprint density at radius 2 is 0.288 bits per heavy atom. The normalized spacial score (nSPS) is 11.8. The minimum Gasteiger partial charge on any atom is -0.497 e. The molecule has 9 heteroatoms. The highest BCUT2D eigenvalue weighted by molar-refractivity contribution is 6.20. The number of benzene rings is 20. The molecule has 0 aliphatic rings. The molecule has 6 N–H and O–H groups in total. The minimum absolute atomic E-state index is 0.768. The van der Waals surface area contributed by atoms with Crippen LogP contribution in [0.5, 0.6) is 17.2 Å². The number of fused-ring (bicyclic) bond motifs is 18. The average molecular weight is 1690 g/mol. The Hall–Kier alpha value is -17.4. The number of ether oxygens (including phenoxy) is 3. The SMILES string of the molecule is COc1ccc(-c2cccc3c2[nH]c2ccccc23)c(-c2cc(-c3cc(OC)ccc3-c3cccc4c3[nH]c3ccccc34)cc(-c3cc(OC)ccc3-c3cccc4c3[nH]c3ccccc34)c2)c1.c1ccc(-c2cccc3c2[nH]c2ccccc23)c(-c2cc(-c3ccccc3-c3cccc4c3[nH]c3ccccc34)cc(-c3ccccc3-c3cccc4c3[nH]c3ccccc34)c2)c1. The zero-order chi connectivity index (χ0) is 87.6. The molecule has 0 aliphatic carbocycles. The molecule has 624 valence electrons. The van der Waals surface area contributed by atoms with Crippen LogP contribution in [0.4, 0.5) is 0 Å². The van der Waals surface area contributed by atoms with Gasteiger partial charge in [-0.1, -0.05) is 291 Å². The molecular weight excluding hydrogens is 1610 g/mol. The van der Waals surface area contributed by atoms with E-state index in [9.17, 15) is 0 Å². The maximum Gasteiger partial charge on any atom is 0.119 e. The molecule has 9 nitrogen and oxygen atoms in total. The van der Waals surface area contributed by atoms with Gasteiger partial charge in [0.2, 0.25) is 0 Å². The Balaban J connectivity index is 0.000000142. The quantitative estimate of drug-likeness (QED) is 0.0613. The lowest BCUT2D eigenvalue weighted by molar-refractivity contribution is 0.415. The zero-order valence-electron chi connectivity index (χ0n) is 72.6. The third kappa shape index (κ3) is 12.8. The number of hydrogen-bond donors (Lipinski definition) is 6. The molecule has 0 atom stereocenters. The summed E-state index contributed by atoms with van der Waals surface area (Å²) < 4.78 is 18.1. The molecule has 0 unspecified atom stereocenters. The summed E-state index contributed by atoms with van der Waals surface area (Å²) in [6.45, 7) is 0. The maximum atomic E-state index is 6.03. The Morgan fingerprint density at radius 1 is 0.129 bits per heavy atom. The molecule has 0 saturated heterocycles. The fraction of sp³-hybridized carbons (Fsp3) is 0.0244. The van der Waals surface area contributed by atoms with Gasteiger partial charge in [0.1, 0.15) is 17.2 Å². The van der Waals surface area contributed by atoms with E-state index in [2.05, 4.69) is 448 Å². The molecule has 132 heavy (non-hydrogen) atoms. The van der Waals surface area contributed by atoms with Crippen LogP contribution in [0, 0.1) is 0 Å². The van der Waals surface area contributed by atoms with Crippen LogP contribution in [0.1, 0.15) is 0 Å². The third-order valence-electron chi connectivity index (χ3n) is 27.2. The van der Waals surface area contributed by atoms with Crippen LogP contribution in [-0.4, -0.2) is 51.2 Å². The molecule has 0 amide bonds. The fourth-order valence-electron chi connectivity index (χ4n) is 21.1. The average Bonchev–Trinajstić information content (AvgIpc) is 1.56. The van der Waals surface area contributed by atoms with Crippen LogP contribution in [0.3, 0.4) is 0 Å². The molecule has 6 heterocycles. The van der Waals surface area contributed by atoms with Crippen LogP contribution in [0.25, 0.3) is 264 Å². The molecule has 0 spiro atoms. The van der Waals surface area contributed by atoms with Crippen LogP contribution in [0.15, 0.2) is 419 Å². The number of aromatic nitrogens is 6. The number of para-hydroxylation sites is 12. The summed E-state index contributed by atoms with van der Waals surface area (Å²) in [6, 6.07) is 151. The van der Waals surface area contributed by atoms with Crippen molar-refractivity contribution < 1.29 is 14.2 Å². The smallest absolute Gasteiger partial charge is 0.119 e. The number of aromatic amines is 6. The first-order valence-corrected chi connectivity index (χ1v) is 44.9. The zero-order valence-corrected chi connectivity index (χ0v) is 72.6. The largest absolute Gasteiger partial charge is 0.497 e.